The maximum atomic E-state index is 11.1. The van der Waals surface area contributed by atoms with Crippen molar-refractivity contribution >= 4 is 23.4 Å². The molecule has 0 saturated carbocycles. The van der Waals surface area contributed by atoms with Crippen LogP contribution in [0.15, 0.2) is 12.1 Å². The van der Waals surface area contributed by atoms with Crippen LogP contribution >= 0.6 is 0 Å². The molecule has 0 aliphatic carbocycles. The van der Waals surface area contributed by atoms with E-state index in [1.165, 1.54) is 11.0 Å². The SMILES string of the molecule is Nc1nc(N2CC[C@@H]3CN(C(=O)O)[C@@H]3C2)ccc1[N+](=O)[O-]. The van der Waals surface area contributed by atoms with Gasteiger partial charge in [0.25, 0.3) is 0 Å². The Bertz CT molecular complexity index is 607. The average molecular weight is 293 g/mol. The summed E-state index contributed by atoms with van der Waals surface area (Å²) in [5.41, 5.74) is 5.38. The number of piperidine rings is 1. The van der Waals surface area contributed by atoms with Crippen LogP contribution in [0.1, 0.15) is 6.42 Å². The Morgan fingerprint density at radius 2 is 2.24 bits per heavy atom. The number of nitro groups is 1. The van der Waals surface area contributed by atoms with Crippen LogP contribution in [0.3, 0.4) is 0 Å². The van der Waals surface area contributed by atoms with E-state index >= 15 is 0 Å². The molecular weight excluding hydrogens is 278 g/mol. The Balaban J connectivity index is 1.77. The molecule has 9 heteroatoms. The highest BCUT2D eigenvalue weighted by Crippen LogP contribution is 2.34. The summed E-state index contributed by atoms with van der Waals surface area (Å²) < 4.78 is 0. The third-order valence-corrected chi connectivity index (χ3v) is 4.21. The van der Waals surface area contributed by atoms with E-state index < -0.39 is 11.0 Å². The number of nitrogen functional groups attached to an aromatic ring is 1. The van der Waals surface area contributed by atoms with Gasteiger partial charge in [-0.1, -0.05) is 0 Å². The van der Waals surface area contributed by atoms with Crippen molar-refractivity contribution in [2.75, 3.05) is 30.3 Å². The second kappa shape index (κ2) is 4.76. The average Bonchev–Trinajstić information content (AvgIpc) is 2.39. The molecule has 3 heterocycles. The summed E-state index contributed by atoms with van der Waals surface area (Å²) in [6.07, 6.45) is -0.0261. The minimum atomic E-state index is -0.908. The van der Waals surface area contributed by atoms with Gasteiger partial charge in [-0.25, -0.2) is 9.78 Å². The third-order valence-electron chi connectivity index (χ3n) is 4.21. The number of likely N-dealkylation sites (tertiary alicyclic amines) is 1. The molecule has 2 fully saturated rings. The number of nitrogens with two attached hydrogens (primary N) is 1. The number of hydrogen-bond donors (Lipinski definition) is 2. The number of carbonyl (C=O) groups is 1. The molecule has 1 aromatic rings. The number of pyridine rings is 1. The number of rotatable bonds is 2. The summed E-state index contributed by atoms with van der Waals surface area (Å²) in [5, 5.41) is 19.8. The smallest absolute Gasteiger partial charge is 0.407 e. The van der Waals surface area contributed by atoms with Gasteiger partial charge in [0.05, 0.1) is 11.0 Å². The zero-order valence-electron chi connectivity index (χ0n) is 11.2. The van der Waals surface area contributed by atoms with E-state index in [9.17, 15) is 14.9 Å². The van der Waals surface area contributed by atoms with E-state index in [1.54, 1.807) is 6.07 Å². The second-order valence-corrected chi connectivity index (χ2v) is 5.33. The Morgan fingerprint density at radius 3 is 2.86 bits per heavy atom. The first-order valence-electron chi connectivity index (χ1n) is 6.63. The van der Waals surface area contributed by atoms with Gasteiger partial charge in [-0.3, -0.25) is 10.1 Å². The monoisotopic (exact) mass is 293 g/mol. The molecule has 2 aliphatic heterocycles. The van der Waals surface area contributed by atoms with Crippen LogP contribution in [-0.2, 0) is 0 Å². The lowest BCUT2D eigenvalue weighted by Gasteiger charge is -2.52. The van der Waals surface area contributed by atoms with Crippen molar-refractivity contribution in [2.45, 2.75) is 12.5 Å². The quantitative estimate of drug-likeness (QED) is 0.608. The highest BCUT2D eigenvalue weighted by atomic mass is 16.6. The molecule has 3 N–H and O–H groups in total. The third kappa shape index (κ3) is 2.20. The standard InChI is InChI=1S/C12H15N5O4/c13-11-8(17(20)21)1-2-10(14-11)15-4-3-7-5-16(12(18)19)9(7)6-15/h1-2,7,9H,3-6H2,(H2,13,14)(H,18,19)/t7-,9-/m1/s1. The number of nitrogens with zero attached hydrogens (tertiary/aromatic N) is 4. The second-order valence-electron chi connectivity index (χ2n) is 5.33. The molecule has 1 amide bonds. The van der Waals surface area contributed by atoms with E-state index in [-0.39, 0.29) is 17.5 Å². The van der Waals surface area contributed by atoms with Gasteiger partial charge in [0.1, 0.15) is 5.82 Å². The van der Waals surface area contributed by atoms with Crippen molar-refractivity contribution in [2.24, 2.45) is 5.92 Å². The fourth-order valence-electron chi connectivity index (χ4n) is 3.01. The first-order valence-corrected chi connectivity index (χ1v) is 6.63. The number of anilines is 2. The van der Waals surface area contributed by atoms with Crippen LogP contribution in [0.25, 0.3) is 0 Å². The zero-order chi connectivity index (χ0) is 15.1. The van der Waals surface area contributed by atoms with Crippen LogP contribution < -0.4 is 10.6 Å². The lowest BCUT2D eigenvalue weighted by atomic mass is 9.82. The van der Waals surface area contributed by atoms with Crippen LogP contribution in [0.2, 0.25) is 0 Å². The summed E-state index contributed by atoms with van der Waals surface area (Å²) in [4.78, 5) is 28.6. The van der Waals surface area contributed by atoms with Gasteiger partial charge >= 0.3 is 11.8 Å². The van der Waals surface area contributed by atoms with E-state index in [4.69, 9.17) is 10.8 Å². The number of fused-ring (bicyclic) bond motifs is 1. The topological polar surface area (TPSA) is 126 Å². The van der Waals surface area contributed by atoms with Crippen molar-refractivity contribution in [1.82, 2.24) is 9.88 Å². The molecule has 21 heavy (non-hydrogen) atoms. The van der Waals surface area contributed by atoms with Crippen molar-refractivity contribution in [3.8, 4) is 0 Å². The van der Waals surface area contributed by atoms with Gasteiger partial charge < -0.3 is 20.6 Å². The van der Waals surface area contributed by atoms with Crippen LogP contribution in [0, 0.1) is 16.0 Å². The summed E-state index contributed by atoms with van der Waals surface area (Å²) in [6, 6.07) is 2.85. The van der Waals surface area contributed by atoms with Gasteiger partial charge in [0.15, 0.2) is 0 Å². The number of carboxylic acid groups (broad SMARTS) is 1. The van der Waals surface area contributed by atoms with E-state index in [2.05, 4.69) is 4.98 Å². The predicted octanol–water partition coefficient (Wildman–Crippen LogP) is 0.760. The van der Waals surface area contributed by atoms with E-state index in [0.717, 1.165) is 13.0 Å². The molecule has 2 saturated heterocycles. The van der Waals surface area contributed by atoms with Crippen molar-refractivity contribution in [3.05, 3.63) is 22.2 Å². The Morgan fingerprint density at radius 1 is 1.48 bits per heavy atom. The molecular formula is C12H15N5O4. The highest BCUT2D eigenvalue weighted by Gasteiger charge is 2.45. The van der Waals surface area contributed by atoms with E-state index in [0.29, 0.717) is 24.8 Å². The van der Waals surface area contributed by atoms with Gasteiger partial charge in [-0.15, -0.1) is 0 Å². The lowest BCUT2D eigenvalue weighted by molar-refractivity contribution is -0.384. The largest absolute Gasteiger partial charge is 0.465 e. The minimum absolute atomic E-state index is 0.0329. The maximum Gasteiger partial charge on any atom is 0.407 e. The number of aromatic nitrogens is 1. The molecule has 112 valence electrons. The molecule has 0 spiro atoms. The van der Waals surface area contributed by atoms with E-state index in [1.807, 2.05) is 4.90 Å². The summed E-state index contributed by atoms with van der Waals surface area (Å²) in [7, 11) is 0. The summed E-state index contributed by atoms with van der Waals surface area (Å²) >= 11 is 0. The molecule has 1 aromatic heterocycles. The molecule has 0 bridgehead atoms. The fourth-order valence-corrected chi connectivity index (χ4v) is 3.01. The first-order chi connectivity index (χ1) is 9.97. The maximum absolute atomic E-state index is 11.1. The Labute approximate surface area is 120 Å². The predicted molar refractivity (Wildman–Crippen MR) is 74.1 cm³/mol. The van der Waals surface area contributed by atoms with Gasteiger partial charge in [0.2, 0.25) is 5.82 Å². The van der Waals surface area contributed by atoms with Crippen molar-refractivity contribution in [1.29, 1.82) is 0 Å². The van der Waals surface area contributed by atoms with Gasteiger partial charge in [0, 0.05) is 31.6 Å². The fraction of sp³-hybridized carbons (Fsp3) is 0.500. The van der Waals surface area contributed by atoms with Crippen LogP contribution in [0.5, 0.6) is 0 Å². The first kappa shape index (κ1) is 13.4. The number of amides is 1. The minimum Gasteiger partial charge on any atom is -0.465 e. The Kier molecular flexibility index (Phi) is 3.04. The summed E-state index contributed by atoms with van der Waals surface area (Å²) in [6.45, 7) is 1.88. The molecule has 2 aliphatic rings. The molecule has 9 nitrogen and oxygen atoms in total. The van der Waals surface area contributed by atoms with Crippen molar-refractivity contribution < 1.29 is 14.8 Å². The highest BCUT2D eigenvalue weighted by molar-refractivity contribution is 5.67. The zero-order valence-corrected chi connectivity index (χ0v) is 11.2. The molecule has 0 radical (unpaired) electrons. The van der Waals surface area contributed by atoms with Gasteiger partial charge in [-0.05, 0) is 12.5 Å². The van der Waals surface area contributed by atoms with Crippen LogP contribution in [-0.4, -0.2) is 51.7 Å². The lowest BCUT2D eigenvalue weighted by Crippen LogP contribution is -2.65. The molecule has 2 atom stereocenters. The summed E-state index contributed by atoms with van der Waals surface area (Å²) in [5.74, 6) is 0.824. The van der Waals surface area contributed by atoms with Crippen LogP contribution in [0.4, 0.5) is 22.1 Å². The molecule has 0 unspecified atom stereocenters. The van der Waals surface area contributed by atoms with Gasteiger partial charge in [-0.2, -0.15) is 0 Å². The normalized spacial score (nSPS) is 24.2. The van der Waals surface area contributed by atoms with Crippen molar-refractivity contribution in [3.63, 3.8) is 0 Å². The number of hydrogen-bond acceptors (Lipinski definition) is 6. The molecule has 3 rings (SSSR count). The Hall–Kier alpha value is -2.58. The molecule has 0 aromatic carbocycles.